The summed E-state index contributed by atoms with van der Waals surface area (Å²) in [4.78, 5) is 12.9. The molecule has 8 heteroatoms. The summed E-state index contributed by atoms with van der Waals surface area (Å²) in [5, 5.41) is 4.02. The summed E-state index contributed by atoms with van der Waals surface area (Å²) in [5.74, 6) is 0.553. The van der Waals surface area contributed by atoms with Gasteiger partial charge >= 0.3 is 0 Å². The summed E-state index contributed by atoms with van der Waals surface area (Å²) < 4.78 is 7.26. The zero-order valence-corrected chi connectivity index (χ0v) is 14.0. The van der Waals surface area contributed by atoms with Crippen LogP contribution in [-0.4, -0.2) is 32.7 Å². The van der Waals surface area contributed by atoms with Crippen LogP contribution in [-0.2, 0) is 11.3 Å². The van der Waals surface area contributed by atoms with Crippen LogP contribution in [0.15, 0.2) is 30.6 Å². The molecule has 0 aliphatic carbocycles. The van der Waals surface area contributed by atoms with Crippen LogP contribution in [0.1, 0.15) is 6.92 Å². The number of aromatic nitrogens is 4. The minimum atomic E-state index is 0.159. The number of rotatable bonds is 6. The van der Waals surface area contributed by atoms with Gasteiger partial charge in [-0.05, 0) is 42.8 Å². The fourth-order valence-corrected chi connectivity index (χ4v) is 2.44. The normalized spacial score (nSPS) is 11.1. The Morgan fingerprint density at radius 1 is 1.17 bits per heavy atom. The fourth-order valence-electron chi connectivity index (χ4n) is 2.15. The van der Waals surface area contributed by atoms with Crippen LogP contribution in [0.2, 0.25) is 10.3 Å². The fraction of sp³-hybridized carbons (Fsp3) is 0.267. The first-order chi connectivity index (χ1) is 11.2. The van der Waals surface area contributed by atoms with E-state index < -0.39 is 0 Å². The minimum absolute atomic E-state index is 0.159. The molecule has 3 aromatic rings. The number of hydrogen-bond acceptors (Lipinski definition) is 5. The zero-order valence-electron chi connectivity index (χ0n) is 12.5. The Hall–Kier alpha value is -1.89. The van der Waals surface area contributed by atoms with Crippen molar-refractivity contribution >= 4 is 45.9 Å². The SMILES string of the molecule is CCOCCn1cnc2c(Nc3ccc(Cl)cc3)nc(Cl)nc21. The van der Waals surface area contributed by atoms with Crippen molar-refractivity contribution in [2.75, 3.05) is 18.5 Å². The second-order valence-electron chi connectivity index (χ2n) is 4.78. The van der Waals surface area contributed by atoms with Gasteiger partial charge in [0.15, 0.2) is 17.0 Å². The average Bonchev–Trinajstić information content (AvgIpc) is 2.93. The summed E-state index contributed by atoms with van der Waals surface area (Å²) >= 11 is 11.9. The topological polar surface area (TPSA) is 64.9 Å². The van der Waals surface area contributed by atoms with Gasteiger partial charge in [-0.1, -0.05) is 11.6 Å². The third kappa shape index (κ3) is 3.72. The summed E-state index contributed by atoms with van der Waals surface area (Å²) in [7, 11) is 0. The van der Waals surface area contributed by atoms with Crippen molar-refractivity contribution in [1.29, 1.82) is 0 Å². The Bertz CT molecular complexity index is 803. The van der Waals surface area contributed by atoms with E-state index in [4.69, 9.17) is 27.9 Å². The van der Waals surface area contributed by atoms with E-state index >= 15 is 0 Å². The molecular weight excluding hydrogens is 337 g/mol. The van der Waals surface area contributed by atoms with Gasteiger partial charge in [-0.25, -0.2) is 4.98 Å². The number of ether oxygens (including phenoxy) is 1. The lowest BCUT2D eigenvalue weighted by Crippen LogP contribution is -2.06. The third-order valence-corrected chi connectivity index (χ3v) is 3.65. The van der Waals surface area contributed by atoms with Gasteiger partial charge in [-0.15, -0.1) is 0 Å². The van der Waals surface area contributed by atoms with E-state index in [1.807, 2.05) is 23.6 Å². The molecule has 0 aliphatic rings. The Morgan fingerprint density at radius 3 is 2.70 bits per heavy atom. The van der Waals surface area contributed by atoms with Crippen molar-refractivity contribution in [2.45, 2.75) is 13.5 Å². The van der Waals surface area contributed by atoms with E-state index in [0.29, 0.717) is 41.8 Å². The molecule has 0 spiro atoms. The summed E-state index contributed by atoms with van der Waals surface area (Å²) in [6.45, 7) is 3.87. The standard InChI is InChI=1S/C15H15Cl2N5O/c1-2-23-8-7-22-9-18-12-13(20-15(17)21-14(12)22)19-11-5-3-10(16)4-6-11/h3-6,9H,2,7-8H2,1H3,(H,19,20,21). The zero-order chi connectivity index (χ0) is 16.2. The lowest BCUT2D eigenvalue weighted by molar-refractivity contribution is 0.139. The molecule has 6 nitrogen and oxygen atoms in total. The van der Waals surface area contributed by atoms with E-state index in [2.05, 4.69) is 20.3 Å². The number of nitrogens with one attached hydrogen (secondary N) is 1. The lowest BCUT2D eigenvalue weighted by Gasteiger charge is -2.08. The quantitative estimate of drug-likeness (QED) is 0.538. The van der Waals surface area contributed by atoms with Crippen LogP contribution in [0.25, 0.3) is 11.2 Å². The number of hydrogen-bond donors (Lipinski definition) is 1. The van der Waals surface area contributed by atoms with Crippen LogP contribution in [0, 0.1) is 0 Å². The molecule has 0 fully saturated rings. The monoisotopic (exact) mass is 351 g/mol. The molecule has 1 N–H and O–H groups in total. The molecule has 23 heavy (non-hydrogen) atoms. The smallest absolute Gasteiger partial charge is 0.226 e. The second-order valence-corrected chi connectivity index (χ2v) is 5.55. The van der Waals surface area contributed by atoms with E-state index in [9.17, 15) is 0 Å². The number of imidazole rings is 1. The molecule has 3 rings (SSSR count). The first-order valence-electron chi connectivity index (χ1n) is 7.16. The van der Waals surface area contributed by atoms with E-state index in [0.717, 1.165) is 5.69 Å². The van der Waals surface area contributed by atoms with E-state index in [1.54, 1.807) is 18.5 Å². The van der Waals surface area contributed by atoms with Crippen LogP contribution >= 0.6 is 23.2 Å². The highest BCUT2D eigenvalue weighted by Gasteiger charge is 2.13. The maximum absolute atomic E-state index is 6.05. The Kier molecular flexibility index (Phi) is 4.95. The van der Waals surface area contributed by atoms with E-state index in [1.165, 1.54) is 0 Å². The first-order valence-corrected chi connectivity index (χ1v) is 7.91. The summed E-state index contributed by atoms with van der Waals surface area (Å²) in [6.07, 6.45) is 1.71. The maximum Gasteiger partial charge on any atom is 0.226 e. The molecule has 1 aromatic carbocycles. The highest BCUT2D eigenvalue weighted by molar-refractivity contribution is 6.30. The molecular formula is C15H15Cl2N5O. The number of fused-ring (bicyclic) bond motifs is 1. The van der Waals surface area contributed by atoms with Crippen molar-refractivity contribution in [2.24, 2.45) is 0 Å². The molecule has 2 heterocycles. The molecule has 0 unspecified atom stereocenters. The van der Waals surface area contributed by atoms with Crippen molar-refractivity contribution in [1.82, 2.24) is 19.5 Å². The lowest BCUT2D eigenvalue weighted by atomic mass is 10.3. The van der Waals surface area contributed by atoms with Crippen LogP contribution in [0.5, 0.6) is 0 Å². The van der Waals surface area contributed by atoms with Crippen molar-refractivity contribution in [3.8, 4) is 0 Å². The largest absolute Gasteiger partial charge is 0.380 e. The van der Waals surface area contributed by atoms with Gasteiger partial charge in [0.05, 0.1) is 12.9 Å². The highest BCUT2D eigenvalue weighted by atomic mass is 35.5. The van der Waals surface area contributed by atoms with Gasteiger partial charge in [-0.3, -0.25) is 0 Å². The van der Waals surface area contributed by atoms with Gasteiger partial charge in [-0.2, -0.15) is 9.97 Å². The number of halogens is 2. The predicted octanol–water partition coefficient (Wildman–Crippen LogP) is 3.91. The molecule has 2 aromatic heterocycles. The molecule has 0 saturated carbocycles. The van der Waals surface area contributed by atoms with Crippen LogP contribution in [0.4, 0.5) is 11.5 Å². The summed E-state index contributed by atoms with van der Waals surface area (Å²) in [6, 6.07) is 7.31. The highest BCUT2D eigenvalue weighted by Crippen LogP contribution is 2.25. The second kappa shape index (κ2) is 7.12. The molecule has 120 valence electrons. The number of nitrogens with zero attached hydrogens (tertiary/aromatic N) is 4. The van der Waals surface area contributed by atoms with Gasteiger partial charge in [0, 0.05) is 23.9 Å². The van der Waals surface area contributed by atoms with Crippen molar-refractivity contribution < 1.29 is 4.74 Å². The van der Waals surface area contributed by atoms with Crippen LogP contribution in [0.3, 0.4) is 0 Å². The third-order valence-electron chi connectivity index (χ3n) is 3.22. The number of anilines is 2. The van der Waals surface area contributed by atoms with Crippen molar-refractivity contribution in [3.05, 3.63) is 40.9 Å². The Balaban J connectivity index is 1.92. The molecule has 0 radical (unpaired) electrons. The van der Waals surface area contributed by atoms with Gasteiger partial charge in [0.25, 0.3) is 0 Å². The Labute approximate surface area is 143 Å². The molecule has 0 aliphatic heterocycles. The minimum Gasteiger partial charge on any atom is -0.380 e. The Morgan fingerprint density at radius 2 is 1.96 bits per heavy atom. The number of benzene rings is 1. The van der Waals surface area contributed by atoms with Gasteiger partial charge in [0.2, 0.25) is 5.28 Å². The predicted molar refractivity (Wildman–Crippen MR) is 91.6 cm³/mol. The first kappa shape index (κ1) is 16.0. The molecule has 0 amide bonds. The maximum atomic E-state index is 6.05. The summed E-state index contributed by atoms with van der Waals surface area (Å²) in [5.41, 5.74) is 2.16. The van der Waals surface area contributed by atoms with Gasteiger partial charge in [0.1, 0.15) is 0 Å². The molecule has 0 bridgehead atoms. The van der Waals surface area contributed by atoms with Crippen molar-refractivity contribution in [3.63, 3.8) is 0 Å². The molecule has 0 atom stereocenters. The molecule has 0 saturated heterocycles. The van der Waals surface area contributed by atoms with Crippen LogP contribution < -0.4 is 5.32 Å². The van der Waals surface area contributed by atoms with Gasteiger partial charge < -0.3 is 14.6 Å². The average molecular weight is 352 g/mol. The van der Waals surface area contributed by atoms with E-state index in [-0.39, 0.29) is 5.28 Å².